The highest BCUT2D eigenvalue weighted by Crippen LogP contribution is 2.17. The second-order valence-electron chi connectivity index (χ2n) is 7.65. The Hall–Kier alpha value is -3.25. The van der Waals surface area contributed by atoms with Crippen LogP contribution >= 0.6 is 15.9 Å². The molecule has 5 nitrogen and oxygen atoms in total. The van der Waals surface area contributed by atoms with Crippen LogP contribution in [0, 0.1) is 6.92 Å². The van der Waals surface area contributed by atoms with Gasteiger partial charge in [-0.25, -0.2) is 4.98 Å². The van der Waals surface area contributed by atoms with Crippen LogP contribution in [0.15, 0.2) is 81.1 Å². The number of ether oxygens (including phenoxy) is 1. The quantitative estimate of drug-likeness (QED) is 0.304. The van der Waals surface area contributed by atoms with Crippen LogP contribution in [0.25, 0.3) is 10.9 Å². The number of aryl methyl sites for hydroxylation is 2. The van der Waals surface area contributed by atoms with Crippen molar-refractivity contribution >= 4 is 33.0 Å². The van der Waals surface area contributed by atoms with Crippen molar-refractivity contribution in [2.24, 2.45) is 5.10 Å². The fraction of sp³-hybridized carbons (Fsp3) is 0.192. The molecule has 0 amide bonds. The third-order valence-corrected chi connectivity index (χ3v) is 5.53. The largest absolute Gasteiger partial charge is 0.489 e. The molecule has 1 heterocycles. The minimum Gasteiger partial charge on any atom is -0.489 e. The van der Waals surface area contributed by atoms with Gasteiger partial charge in [-0.05, 0) is 66.9 Å². The van der Waals surface area contributed by atoms with Crippen molar-refractivity contribution in [2.75, 3.05) is 0 Å². The molecule has 0 bridgehead atoms. The van der Waals surface area contributed by atoms with Crippen LogP contribution in [-0.4, -0.2) is 15.9 Å². The lowest BCUT2D eigenvalue weighted by molar-refractivity contribution is 0.306. The molecule has 4 rings (SSSR count). The lowest BCUT2D eigenvalue weighted by Gasteiger charge is -2.09. The van der Waals surface area contributed by atoms with E-state index in [0.29, 0.717) is 29.8 Å². The second kappa shape index (κ2) is 9.92. The zero-order chi connectivity index (χ0) is 22.5. The molecular formula is C26H24BrN3O2. The third-order valence-electron chi connectivity index (χ3n) is 5.04. The standard InChI is InChI=1S/C26H24BrN3O2/c1-3-5-25-29-24-13-10-21(27)15-23(24)26(31)30(25)28-16-19-8-11-22(12-9-19)32-17-20-7-4-6-18(2)14-20/h4,6-16H,3,5,17H2,1-2H3. The van der Waals surface area contributed by atoms with E-state index >= 15 is 0 Å². The first-order valence-corrected chi connectivity index (χ1v) is 11.4. The molecular weight excluding hydrogens is 466 g/mol. The predicted octanol–water partition coefficient (Wildman–Crippen LogP) is 5.88. The Morgan fingerprint density at radius 3 is 2.66 bits per heavy atom. The second-order valence-corrected chi connectivity index (χ2v) is 8.56. The van der Waals surface area contributed by atoms with Gasteiger partial charge in [-0.15, -0.1) is 0 Å². The van der Waals surface area contributed by atoms with Crippen molar-refractivity contribution in [3.8, 4) is 5.75 Å². The van der Waals surface area contributed by atoms with Gasteiger partial charge >= 0.3 is 0 Å². The zero-order valence-electron chi connectivity index (χ0n) is 18.1. The highest BCUT2D eigenvalue weighted by atomic mass is 79.9. The number of aromatic nitrogens is 2. The molecule has 0 atom stereocenters. The Labute approximate surface area is 195 Å². The van der Waals surface area contributed by atoms with Crippen molar-refractivity contribution in [1.29, 1.82) is 0 Å². The van der Waals surface area contributed by atoms with E-state index in [1.165, 1.54) is 10.2 Å². The maximum Gasteiger partial charge on any atom is 0.282 e. The monoisotopic (exact) mass is 489 g/mol. The first-order chi connectivity index (χ1) is 15.5. The molecule has 0 saturated carbocycles. The van der Waals surface area contributed by atoms with Gasteiger partial charge in [-0.2, -0.15) is 9.78 Å². The molecule has 0 unspecified atom stereocenters. The van der Waals surface area contributed by atoms with Crippen molar-refractivity contribution in [3.63, 3.8) is 0 Å². The van der Waals surface area contributed by atoms with Crippen LogP contribution in [0.2, 0.25) is 0 Å². The van der Waals surface area contributed by atoms with E-state index in [2.05, 4.69) is 58.1 Å². The number of hydrogen-bond acceptors (Lipinski definition) is 4. The molecule has 162 valence electrons. The van der Waals surface area contributed by atoms with Crippen molar-refractivity contribution < 1.29 is 4.74 Å². The van der Waals surface area contributed by atoms with Crippen molar-refractivity contribution in [3.05, 3.63) is 104 Å². The number of nitrogens with zero attached hydrogens (tertiary/aromatic N) is 3. The average Bonchev–Trinajstić information content (AvgIpc) is 2.79. The molecule has 0 radical (unpaired) electrons. The van der Waals surface area contributed by atoms with Gasteiger partial charge in [-0.3, -0.25) is 4.79 Å². The molecule has 6 heteroatoms. The molecule has 0 aliphatic carbocycles. The van der Waals surface area contributed by atoms with Gasteiger partial charge in [0.2, 0.25) is 0 Å². The molecule has 0 fully saturated rings. The average molecular weight is 490 g/mol. The number of hydrogen-bond donors (Lipinski definition) is 0. The first kappa shape index (κ1) is 22.0. The predicted molar refractivity (Wildman–Crippen MR) is 133 cm³/mol. The third kappa shape index (κ3) is 5.14. The fourth-order valence-corrected chi connectivity index (χ4v) is 3.80. The Morgan fingerprint density at radius 1 is 1.09 bits per heavy atom. The van der Waals surface area contributed by atoms with Gasteiger partial charge in [-0.1, -0.05) is 52.7 Å². The number of rotatable bonds is 7. The van der Waals surface area contributed by atoms with Gasteiger partial charge in [0.25, 0.3) is 5.56 Å². The molecule has 0 saturated heterocycles. The molecule has 32 heavy (non-hydrogen) atoms. The molecule has 0 aliphatic rings. The summed E-state index contributed by atoms with van der Waals surface area (Å²) in [6, 6.07) is 21.4. The number of benzene rings is 3. The minimum atomic E-state index is -0.172. The minimum absolute atomic E-state index is 0.172. The van der Waals surface area contributed by atoms with E-state index in [9.17, 15) is 4.79 Å². The van der Waals surface area contributed by atoms with E-state index in [-0.39, 0.29) is 5.56 Å². The summed E-state index contributed by atoms with van der Waals surface area (Å²) < 4.78 is 8.12. The van der Waals surface area contributed by atoms with E-state index in [1.54, 1.807) is 12.3 Å². The Kier molecular flexibility index (Phi) is 6.81. The lowest BCUT2D eigenvalue weighted by Crippen LogP contribution is -2.22. The summed E-state index contributed by atoms with van der Waals surface area (Å²) in [5.41, 5.74) is 3.73. The maximum absolute atomic E-state index is 13.1. The molecule has 3 aromatic carbocycles. The van der Waals surface area contributed by atoms with Gasteiger partial charge in [0.05, 0.1) is 17.1 Å². The van der Waals surface area contributed by atoms with Crippen molar-refractivity contribution in [2.45, 2.75) is 33.3 Å². The van der Waals surface area contributed by atoms with Crippen LogP contribution in [0.3, 0.4) is 0 Å². The molecule has 0 N–H and O–H groups in total. The first-order valence-electron chi connectivity index (χ1n) is 10.6. The molecule has 0 spiro atoms. The summed E-state index contributed by atoms with van der Waals surface area (Å²) in [7, 11) is 0. The maximum atomic E-state index is 13.1. The molecule has 1 aromatic heterocycles. The van der Waals surface area contributed by atoms with E-state index in [4.69, 9.17) is 4.74 Å². The summed E-state index contributed by atoms with van der Waals surface area (Å²) in [5.74, 6) is 1.44. The SMILES string of the molecule is CCCc1nc2ccc(Br)cc2c(=O)n1N=Cc1ccc(OCc2cccc(C)c2)cc1. The van der Waals surface area contributed by atoms with E-state index < -0.39 is 0 Å². The number of halogens is 1. The molecule has 0 aliphatic heterocycles. The summed E-state index contributed by atoms with van der Waals surface area (Å²) in [5, 5.41) is 5.01. The van der Waals surface area contributed by atoms with Crippen LogP contribution in [-0.2, 0) is 13.0 Å². The topological polar surface area (TPSA) is 56.5 Å². The van der Waals surface area contributed by atoms with Crippen LogP contribution < -0.4 is 10.3 Å². The lowest BCUT2D eigenvalue weighted by atomic mass is 10.1. The fourth-order valence-electron chi connectivity index (χ4n) is 3.44. The van der Waals surface area contributed by atoms with Crippen molar-refractivity contribution in [1.82, 2.24) is 9.66 Å². The summed E-state index contributed by atoms with van der Waals surface area (Å²) in [6.07, 6.45) is 3.22. The van der Waals surface area contributed by atoms with E-state index in [0.717, 1.165) is 27.8 Å². The smallest absolute Gasteiger partial charge is 0.282 e. The van der Waals surface area contributed by atoms with Crippen LogP contribution in [0.4, 0.5) is 0 Å². The van der Waals surface area contributed by atoms with Gasteiger partial charge in [0, 0.05) is 10.9 Å². The Balaban J connectivity index is 1.55. The summed E-state index contributed by atoms with van der Waals surface area (Å²) in [4.78, 5) is 17.7. The number of fused-ring (bicyclic) bond motifs is 1. The van der Waals surface area contributed by atoms with Gasteiger partial charge in [0.1, 0.15) is 18.2 Å². The Bertz CT molecular complexity index is 1330. The van der Waals surface area contributed by atoms with Gasteiger partial charge < -0.3 is 4.74 Å². The highest BCUT2D eigenvalue weighted by molar-refractivity contribution is 9.10. The summed E-state index contributed by atoms with van der Waals surface area (Å²) >= 11 is 3.43. The van der Waals surface area contributed by atoms with Crippen LogP contribution in [0.1, 0.15) is 35.9 Å². The van der Waals surface area contributed by atoms with E-state index in [1.807, 2.05) is 42.5 Å². The molecule has 4 aromatic rings. The Morgan fingerprint density at radius 2 is 1.91 bits per heavy atom. The van der Waals surface area contributed by atoms with Gasteiger partial charge in [0.15, 0.2) is 0 Å². The highest BCUT2D eigenvalue weighted by Gasteiger charge is 2.10. The van der Waals surface area contributed by atoms with Crippen LogP contribution in [0.5, 0.6) is 5.75 Å². The normalized spacial score (nSPS) is 11.3. The summed E-state index contributed by atoms with van der Waals surface area (Å²) in [6.45, 7) is 4.64. The zero-order valence-corrected chi connectivity index (χ0v) is 19.7.